The largest absolute Gasteiger partial charge is 0.472 e. The first kappa shape index (κ1) is 66.7. The normalized spacial score (nSPS) is 14.2. The Morgan fingerprint density at radius 2 is 0.814 bits per heavy atom. The summed E-state index contributed by atoms with van der Waals surface area (Å²) in [5.74, 6) is -0.813. The number of hydrogen-bond donors (Lipinski definition) is 1. The average molecular weight is 997 g/mol. The summed E-state index contributed by atoms with van der Waals surface area (Å²) in [7, 11) is 1.46. The Bertz CT molecular complexity index is 1550. The predicted octanol–water partition coefficient (Wildman–Crippen LogP) is 17.0. The van der Waals surface area contributed by atoms with Crippen LogP contribution in [0.5, 0.6) is 0 Å². The Kier molecular flexibility index (Phi) is 48.2. The van der Waals surface area contributed by atoms with Gasteiger partial charge in [-0.15, -0.1) is 0 Å². The van der Waals surface area contributed by atoms with Gasteiger partial charge in [0.25, 0.3) is 0 Å². The van der Waals surface area contributed by atoms with Crippen LogP contribution in [0.4, 0.5) is 0 Å². The Balaban J connectivity index is 4.07. The number of esters is 2. The van der Waals surface area contributed by atoms with Crippen molar-refractivity contribution in [2.75, 3.05) is 47.5 Å². The number of unbranched alkanes of at least 4 members (excludes halogenated alkanes) is 17. The van der Waals surface area contributed by atoms with Gasteiger partial charge in [0.15, 0.2) is 6.10 Å². The zero-order valence-electron chi connectivity index (χ0n) is 45.2. The summed E-state index contributed by atoms with van der Waals surface area (Å²) >= 11 is 0. The number of carbonyl (C=O) groups excluding carboxylic acids is 2. The van der Waals surface area contributed by atoms with Crippen molar-refractivity contribution >= 4 is 19.8 Å². The molecule has 0 saturated heterocycles. The molecule has 2 atom stereocenters. The molecular formula is C60H103NO8P+. The van der Waals surface area contributed by atoms with Crippen LogP contribution in [0.2, 0.25) is 0 Å². The van der Waals surface area contributed by atoms with Crippen LogP contribution in [0.15, 0.2) is 109 Å². The fourth-order valence-corrected chi connectivity index (χ4v) is 7.81. The van der Waals surface area contributed by atoms with Gasteiger partial charge in [0, 0.05) is 12.8 Å². The van der Waals surface area contributed by atoms with E-state index in [1.54, 1.807) is 0 Å². The molecule has 0 radical (unpaired) electrons. The van der Waals surface area contributed by atoms with E-state index in [4.69, 9.17) is 18.5 Å². The molecule has 0 bridgehead atoms. The van der Waals surface area contributed by atoms with Gasteiger partial charge in [-0.1, -0.05) is 220 Å². The Labute approximate surface area is 429 Å². The predicted molar refractivity (Wildman–Crippen MR) is 298 cm³/mol. The maximum atomic E-state index is 12.7. The highest BCUT2D eigenvalue weighted by Crippen LogP contribution is 2.43. The Hall–Kier alpha value is -3.33. The van der Waals surface area contributed by atoms with Crippen LogP contribution in [0.1, 0.15) is 206 Å². The van der Waals surface area contributed by atoms with Crippen LogP contribution in [-0.2, 0) is 32.7 Å². The SMILES string of the molecule is CC/C=C\C/C=C\C/C=C\C/C=C\C/C=C\C/C=C\C/C=C\C/C=C\C/C=C\CCCCCCCCCCCC(=O)OC(COC(=O)CCCCCCCCCCC)COP(=O)(O)OCC[N+](C)(C)C. The molecule has 400 valence electrons. The first-order chi connectivity index (χ1) is 34.0. The highest BCUT2D eigenvalue weighted by molar-refractivity contribution is 7.47. The van der Waals surface area contributed by atoms with E-state index in [1.807, 2.05) is 21.1 Å². The summed E-state index contributed by atoms with van der Waals surface area (Å²) in [5.41, 5.74) is 0. The minimum absolute atomic E-state index is 0.0267. The summed E-state index contributed by atoms with van der Waals surface area (Å²) in [6.07, 6.45) is 70.3. The van der Waals surface area contributed by atoms with Crippen LogP contribution >= 0.6 is 7.82 Å². The van der Waals surface area contributed by atoms with Crippen molar-refractivity contribution in [3.8, 4) is 0 Å². The van der Waals surface area contributed by atoms with E-state index >= 15 is 0 Å². The number of hydrogen-bond acceptors (Lipinski definition) is 7. The second-order valence-electron chi connectivity index (χ2n) is 19.2. The minimum atomic E-state index is -4.38. The number of allylic oxidation sites excluding steroid dienone is 18. The van der Waals surface area contributed by atoms with Crippen molar-refractivity contribution in [3.63, 3.8) is 0 Å². The molecule has 10 heteroatoms. The lowest BCUT2D eigenvalue weighted by Crippen LogP contribution is -2.37. The molecule has 0 fully saturated rings. The summed E-state index contributed by atoms with van der Waals surface area (Å²) in [4.78, 5) is 35.4. The molecule has 0 aromatic heterocycles. The topological polar surface area (TPSA) is 108 Å². The van der Waals surface area contributed by atoms with Gasteiger partial charge in [0.05, 0.1) is 27.7 Å². The van der Waals surface area contributed by atoms with Crippen LogP contribution in [0.25, 0.3) is 0 Å². The third-order valence-electron chi connectivity index (χ3n) is 11.3. The number of nitrogens with zero attached hydrogens (tertiary/aromatic N) is 1. The second-order valence-corrected chi connectivity index (χ2v) is 20.7. The number of phosphoric acid groups is 1. The molecule has 9 nitrogen and oxygen atoms in total. The average Bonchev–Trinajstić information content (AvgIpc) is 3.32. The van der Waals surface area contributed by atoms with E-state index in [2.05, 4.69) is 123 Å². The van der Waals surface area contributed by atoms with Crippen LogP contribution in [0.3, 0.4) is 0 Å². The van der Waals surface area contributed by atoms with E-state index in [9.17, 15) is 19.0 Å². The van der Waals surface area contributed by atoms with E-state index in [1.165, 1.54) is 70.6 Å². The molecule has 0 spiro atoms. The molecule has 0 aliphatic heterocycles. The minimum Gasteiger partial charge on any atom is -0.462 e. The molecule has 0 aromatic rings. The highest BCUT2D eigenvalue weighted by atomic mass is 31.2. The molecule has 0 saturated carbocycles. The molecule has 1 N–H and O–H groups in total. The number of quaternary nitrogens is 1. The van der Waals surface area contributed by atoms with E-state index < -0.39 is 26.5 Å². The van der Waals surface area contributed by atoms with E-state index in [-0.39, 0.29) is 32.0 Å². The van der Waals surface area contributed by atoms with Gasteiger partial charge in [0.1, 0.15) is 19.8 Å². The molecule has 0 aromatic carbocycles. The van der Waals surface area contributed by atoms with Crippen molar-refractivity contribution in [2.45, 2.75) is 213 Å². The third kappa shape index (κ3) is 54.0. The van der Waals surface area contributed by atoms with Gasteiger partial charge < -0.3 is 18.9 Å². The molecule has 0 rings (SSSR count). The molecular weight excluding hydrogens is 894 g/mol. The summed E-state index contributed by atoms with van der Waals surface area (Å²) in [6, 6.07) is 0. The quantitative estimate of drug-likeness (QED) is 0.0211. The van der Waals surface area contributed by atoms with Gasteiger partial charge in [-0.3, -0.25) is 18.6 Å². The third-order valence-corrected chi connectivity index (χ3v) is 12.3. The standard InChI is InChI=1S/C60H102NO8P/c1-6-8-10-12-14-16-17-18-19-20-21-22-23-24-25-26-27-28-29-30-31-32-33-34-35-36-37-38-39-40-41-42-43-45-47-49-51-53-60(63)69-58(57-68-70(64,65)67-55-54-61(3,4)5)56-66-59(62)52-50-48-46-44-15-13-11-9-7-2/h8,10,14,16,18-19,21-22,24-25,27-28,30-31,33-34,36-37,58H,6-7,9,11-13,15,17,20,23,26,29,32,35,38-57H2,1-5H3/p+1/b10-8-,16-14-,19-18-,22-21-,25-24-,28-27-,31-30-,34-33-,37-36-. The fraction of sp³-hybridized carbons (Fsp3) is 0.667. The van der Waals surface area contributed by atoms with E-state index in [0.29, 0.717) is 17.4 Å². The monoisotopic (exact) mass is 997 g/mol. The summed E-state index contributed by atoms with van der Waals surface area (Å²) in [5, 5.41) is 0. The van der Waals surface area contributed by atoms with Gasteiger partial charge >= 0.3 is 19.8 Å². The first-order valence-electron chi connectivity index (χ1n) is 27.6. The molecule has 70 heavy (non-hydrogen) atoms. The maximum absolute atomic E-state index is 12.7. The van der Waals surface area contributed by atoms with Crippen LogP contribution in [-0.4, -0.2) is 74.9 Å². The van der Waals surface area contributed by atoms with Crippen molar-refractivity contribution in [3.05, 3.63) is 109 Å². The summed E-state index contributed by atoms with van der Waals surface area (Å²) < 4.78 is 34.4. The number of carbonyl (C=O) groups is 2. The zero-order chi connectivity index (χ0) is 51.3. The summed E-state index contributed by atoms with van der Waals surface area (Å²) in [6.45, 7) is 4.27. The second kappa shape index (κ2) is 50.6. The van der Waals surface area contributed by atoms with Gasteiger partial charge in [-0.25, -0.2) is 4.57 Å². The number of phosphoric ester groups is 1. The molecule has 0 heterocycles. The van der Waals surface area contributed by atoms with Gasteiger partial charge in [0.2, 0.25) is 0 Å². The Morgan fingerprint density at radius 1 is 0.457 bits per heavy atom. The lowest BCUT2D eigenvalue weighted by Gasteiger charge is -2.24. The molecule has 0 aliphatic carbocycles. The Morgan fingerprint density at radius 3 is 1.21 bits per heavy atom. The lowest BCUT2D eigenvalue weighted by atomic mass is 10.1. The number of rotatable bonds is 49. The highest BCUT2D eigenvalue weighted by Gasteiger charge is 2.27. The van der Waals surface area contributed by atoms with Crippen LogP contribution < -0.4 is 0 Å². The van der Waals surface area contributed by atoms with Gasteiger partial charge in [-0.05, 0) is 83.5 Å². The van der Waals surface area contributed by atoms with Crippen molar-refractivity contribution in [1.29, 1.82) is 0 Å². The first-order valence-corrected chi connectivity index (χ1v) is 29.1. The van der Waals surface area contributed by atoms with Crippen molar-refractivity contribution in [1.82, 2.24) is 0 Å². The van der Waals surface area contributed by atoms with Crippen molar-refractivity contribution < 1.29 is 42.1 Å². The molecule has 0 amide bonds. The number of likely N-dealkylation sites (N-methyl/N-ethyl adjacent to an activating group) is 1. The smallest absolute Gasteiger partial charge is 0.462 e. The zero-order valence-corrected chi connectivity index (χ0v) is 46.1. The fourth-order valence-electron chi connectivity index (χ4n) is 7.07. The van der Waals surface area contributed by atoms with Gasteiger partial charge in [-0.2, -0.15) is 0 Å². The maximum Gasteiger partial charge on any atom is 0.472 e. The van der Waals surface area contributed by atoms with Crippen molar-refractivity contribution in [2.24, 2.45) is 0 Å². The molecule has 0 aliphatic rings. The van der Waals surface area contributed by atoms with E-state index in [0.717, 1.165) is 103 Å². The number of ether oxygens (including phenoxy) is 2. The lowest BCUT2D eigenvalue weighted by molar-refractivity contribution is -0.870. The molecule has 2 unspecified atom stereocenters. The van der Waals surface area contributed by atoms with Crippen LogP contribution in [0, 0.1) is 0 Å².